The number of carboxylic acid groups (broad SMARTS) is 1. The Bertz CT molecular complexity index is 873. The Morgan fingerprint density at radius 1 is 1.07 bits per heavy atom. The molecular formula is C20H21ClN2O4S. The van der Waals surface area contributed by atoms with Crippen molar-refractivity contribution < 1.29 is 19.5 Å². The van der Waals surface area contributed by atoms with E-state index in [1.807, 2.05) is 19.1 Å². The number of carbonyl (C=O) groups is 3. The lowest BCUT2D eigenvalue weighted by atomic mass is 10.2. The highest BCUT2D eigenvalue weighted by Gasteiger charge is 2.11. The monoisotopic (exact) mass is 420 g/mol. The van der Waals surface area contributed by atoms with E-state index >= 15 is 0 Å². The van der Waals surface area contributed by atoms with Gasteiger partial charge in [0.15, 0.2) is 0 Å². The number of unbranched alkanes of at least 4 members (excludes halogenated alkanes) is 1. The average molecular weight is 421 g/mol. The van der Waals surface area contributed by atoms with E-state index in [0.717, 1.165) is 17.7 Å². The van der Waals surface area contributed by atoms with Crippen LogP contribution in [0.3, 0.4) is 0 Å². The fourth-order valence-corrected chi connectivity index (χ4v) is 3.23. The van der Waals surface area contributed by atoms with Crippen LogP contribution in [0.2, 0.25) is 5.02 Å². The minimum Gasteiger partial charge on any atom is -0.478 e. The van der Waals surface area contributed by atoms with Gasteiger partial charge in [0.1, 0.15) is 0 Å². The molecule has 2 aromatic carbocycles. The zero-order valence-electron chi connectivity index (χ0n) is 15.3. The highest BCUT2D eigenvalue weighted by atomic mass is 35.5. The largest absolute Gasteiger partial charge is 0.478 e. The summed E-state index contributed by atoms with van der Waals surface area (Å²) in [4.78, 5) is 35.9. The van der Waals surface area contributed by atoms with Crippen LogP contribution < -0.4 is 10.6 Å². The van der Waals surface area contributed by atoms with E-state index in [9.17, 15) is 14.4 Å². The van der Waals surface area contributed by atoms with E-state index < -0.39 is 5.97 Å². The number of carboxylic acids is 1. The van der Waals surface area contributed by atoms with Crippen LogP contribution in [0.1, 0.15) is 36.5 Å². The first-order valence-corrected chi connectivity index (χ1v) is 10.1. The number of anilines is 2. The molecule has 0 atom stereocenters. The van der Waals surface area contributed by atoms with Crippen molar-refractivity contribution in [2.45, 2.75) is 31.1 Å². The second kappa shape index (κ2) is 10.7. The third-order valence-corrected chi connectivity index (χ3v) is 5.06. The van der Waals surface area contributed by atoms with Crippen molar-refractivity contribution in [1.82, 2.24) is 0 Å². The van der Waals surface area contributed by atoms with Crippen LogP contribution in [0.4, 0.5) is 11.4 Å². The van der Waals surface area contributed by atoms with Crippen molar-refractivity contribution in [1.29, 1.82) is 0 Å². The highest BCUT2D eigenvalue weighted by Crippen LogP contribution is 2.25. The minimum absolute atomic E-state index is 0.0327. The second-order valence-corrected chi connectivity index (χ2v) is 7.47. The number of benzene rings is 2. The molecule has 0 spiro atoms. The number of nitrogens with one attached hydrogen (secondary N) is 2. The van der Waals surface area contributed by atoms with Gasteiger partial charge in [0.05, 0.1) is 22.0 Å². The standard InChI is InChI=1S/C20H21ClN2O4S/c1-2-3-7-18(24)22-14-5-4-6-15(11-14)28-12-19(25)23-17-10-13(20(26)27)8-9-16(17)21/h4-6,8-11H,2-3,7,12H2,1H3,(H,22,24)(H,23,25)(H,26,27). The molecule has 8 heteroatoms. The van der Waals surface area contributed by atoms with E-state index in [1.165, 1.54) is 30.0 Å². The van der Waals surface area contributed by atoms with Crippen LogP contribution in [0.5, 0.6) is 0 Å². The normalized spacial score (nSPS) is 10.4. The van der Waals surface area contributed by atoms with E-state index in [1.54, 1.807) is 12.1 Å². The molecule has 0 fully saturated rings. The third kappa shape index (κ3) is 6.90. The molecular weight excluding hydrogens is 400 g/mol. The lowest BCUT2D eigenvalue weighted by molar-refractivity contribution is -0.116. The molecule has 2 aromatic rings. The molecule has 0 aliphatic heterocycles. The first-order valence-electron chi connectivity index (χ1n) is 8.74. The van der Waals surface area contributed by atoms with Gasteiger partial charge in [0, 0.05) is 17.0 Å². The number of carbonyl (C=O) groups excluding carboxylic acids is 2. The SMILES string of the molecule is CCCCC(=O)Nc1cccc(SCC(=O)Nc2cc(C(=O)O)ccc2Cl)c1. The van der Waals surface area contributed by atoms with Crippen LogP contribution in [-0.2, 0) is 9.59 Å². The third-order valence-electron chi connectivity index (χ3n) is 3.73. The van der Waals surface area contributed by atoms with Gasteiger partial charge in [0.25, 0.3) is 0 Å². The number of halogens is 1. The van der Waals surface area contributed by atoms with Crippen LogP contribution >= 0.6 is 23.4 Å². The van der Waals surface area contributed by atoms with Crippen molar-refractivity contribution in [3.05, 3.63) is 53.1 Å². The summed E-state index contributed by atoms with van der Waals surface area (Å²) in [5, 5.41) is 14.8. The zero-order chi connectivity index (χ0) is 20.5. The molecule has 0 bridgehead atoms. The molecule has 0 radical (unpaired) electrons. The van der Waals surface area contributed by atoms with Gasteiger partial charge in [-0.3, -0.25) is 9.59 Å². The Balaban J connectivity index is 1.92. The van der Waals surface area contributed by atoms with E-state index in [-0.39, 0.29) is 33.8 Å². The summed E-state index contributed by atoms with van der Waals surface area (Å²) in [6.45, 7) is 2.03. The Morgan fingerprint density at radius 2 is 1.86 bits per heavy atom. The summed E-state index contributed by atoms with van der Waals surface area (Å²) in [5.41, 5.74) is 0.978. The Morgan fingerprint density at radius 3 is 2.57 bits per heavy atom. The molecule has 0 saturated heterocycles. The van der Waals surface area contributed by atoms with Crippen molar-refractivity contribution in [2.24, 2.45) is 0 Å². The maximum atomic E-state index is 12.2. The number of aromatic carboxylic acids is 1. The summed E-state index contributed by atoms with van der Waals surface area (Å²) >= 11 is 7.31. The summed E-state index contributed by atoms with van der Waals surface area (Å²) in [6, 6.07) is 11.4. The van der Waals surface area contributed by atoms with E-state index in [0.29, 0.717) is 12.1 Å². The predicted molar refractivity (Wildman–Crippen MR) is 112 cm³/mol. The van der Waals surface area contributed by atoms with Gasteiger partial charge in [-0.1, -0.05) is 31.0 Å². The van der Waals surface area contributed by atoms with Gasteiger partial charge >= 0.3 is 5.97 Å². The number of hydrogen-bond acceptors (Lipinski definition) is 4. The highest BCUT2D eigenvalue weighted by molar-refractivity contribution is 8.00. The van der Waals surface area contributed by atoms with Gasteiger partial charge in [0.2, 0.25) is 11.8 Å². The maximum Gasteiger partial charge on any atom is 0.335 e. The molecule has 0 unspecified atom stereocenters. The van der Waals surface area contributed by atoms with E-state index in [2.05, 4.69) is 10.6 Å². The number of thioether (sulfide) groups is 1. The quantitative estimate of drug-likeness (QED) is 0.501. The molecule has 2 rings (SSSR count). The molecule has 2 amide bonds. The van der Waals surface area contributed by atoms with Gasteiger partial charge in [-0.15, -0.1) is 11.8 Å². The Labute approximate surface area is 172 Å². The first-order chi connectivity index (χ1) is 13.4. The summed E-state index contributed by atoms with van der Waals surface area (Å²) < 4.78 is 0. The summed E-state index contributed by atoms with van der Waals surface area (Å²) in [7, 11) is 0. The van der Waals surface area contributed by atoms with Crippen molar-refractivity contribution >= 4 is 52.5 Å². The molecule has 6 nitrogen and oxygen atoms in total. The molecule has 0 aliphatic carbocycles. The topological polar surface area (TPSA) is 95.5 Å². The number of hydrogen-bond donors (Lipinski definition) is 3. The maximum absolute atomic E-state index is 12.2. The second-order valence-electron chi connectivity index (χ2n) is 6.02. The fourth-order valence-electron chi connectivity index (χ4n) is 2.31. The van der Waals surface area contributed by atoms with Crippen LogP contribution in [0, 0.1) is 0 Å². The van der Waals surface area contributed by atoms with Crippen molar-refractivity contribution in [2.75, 3.05) is 16.4 Å². The Kier molecular flexibility index (Phi) is 8.35. The number of rotatable bonds is 9. The lowest BCUT2D eigenvalue weighted by Crippen LogP contribution is -2.15. The van der Waals surface area contributed by atoms with Gasteiger partial charge in [-0.2, -0.15) is 0 Å². The summed E-state index contributed by atoms with van der Waals surface area (Å²) in [5.74, 6) is -1.33. The molecule has 0 aromatic heterocycles. The van der Waals surface area contributed by atoms with Gasteiger partial charge in [-0.25, -0.2) is 4.79 Å². The molecule has 3 N–H and O–H groups in total. The predicted octanol–water partition coefficient (Wildman–Crippen LogP) is 4.90. The molecule has 28 heavy (non-hydrogen) atoms. The van der Waals surface area contributed by atoms with E-state index in [4.69, 9.17) is 16.7 Å². The van der Waals surface area contributed by atoms with Crippen LogP contribution in [0.15, 0.2) is 47.4 Å². The zero-order valence-corrected chi connectivity index (χ0v) is 16.9. The Hall–Kier alpha value is -2.51. The average Bonchev–Trinajstić information content (AvgIpc) is 2.66. The van der Waals surface area contributed by atoms with Crippen LogP contribution in [-0.4, -0.2) is 28.6 Å². The fraction of sp³-hybridized carbons (Fsp3) is 0.250. The van der Waals surface area contributed by atoms with Crippen LogP contribution in [0.25, 0.3) is 0 Å². The molecule has 0 heterocycles. The lowest BCUT2D eigenvalue weighted by Gasteiger charge is -2.09. The van der Waals surface area contributed by atoms with Gasteiger partial charge < -0.3 is 15.7 Å². The van der Waals surface area contributed by atoms with Crippen molar-refractivity contribution in [3.8, 4) is 0 Å². The molecule has 148 valence electrons. The minimum atomic E-state index is -1.10. The molecule has 0 aliphatic rings. The van der Waals surface area contributed by atoms with Crippen molar-refractivity contribution in [3.63, 3.8) is 0 Å². The first kappa shape index (κ1) is 21.8. The summed E-state index contributed by atoms with van der Waals surface area (Å²) in [6.07, 6.45) is 2.27. The number of amides is 2. The molecule has 0 saturated carbocycles. The smallest absolute Gasteiger partial charge is 0.335 e. The van der Waals surface area contributed by atoms with Gasteiger partial charge in [-0.05, 0) is 42.8 Å².